The van der Waals surface area contributed by atoms with Crippen molar-refractivity contribution in [3.63, 3.8) is 0 Å². The van der Waals surface area contributed by atoms with Gasteiger partial charge >= 0.3 is 0 Å². The van der Waals surface area contributed by atoms with Gasteiger partial charge in [-0.25, -0.2) is 9.67 Å². The van der Waals surface area contributed by atoms with E-state index in [-0.39, 0.29) is 11.6 Å². The van der Waals surface area contributed by atoms with Gasteiger partial charge in [0.15, 0.2) is 0 Å². The number of benzene rings is 1. The minimum Gasteiger partial charge on any atom is -0.364 e. The van der Waals surface area contributed by atoms with Crippen molar-refractivity contribution in [1.29, 1.82) is 0 Å². The summed E-state index contributed by atoms with van der Waals surface area (Å²) in [5.41, 5.74) is 7.53. The fourth-order valence-corrected chi connectivity index (χ4v) is 3.04. The molecule has 1 aromatic carbocycles. The minimum absolute atomic E-state index is 0.180. The highest BCUT2D eigenvalue weighted by Gasteiger charge is 2.14. The largest absolute Gasteiger partial charge is 0.364 e. The molecule has 0 saturated heterocycles. The molecule has 3 rings (SSSR count). The monoisotopic (exact) mass is 341 g/mol. The van der Waals surface area contributed by atoms with Crippen LogP contribution in [0.3, 0.4) is 0 Å². The summed E-state index contributed by atoms with van der Waals surface area (Å²) in [7, 11) is 0. The van der Waals surface area contributed by atoms with Crippen LogP contribution in [0.2, 0.25) is 0 Å². The molecule has 0 aliphatic carbocycles. The van der Waals surface area contributed by atoms with Crippen molar-refractivity contribution >= 4 is 28.8 Å². The Morgan fingerprint density at radius 1 is 1.17 bits per heavy atom. The van der Waals surface area contributed by atoms with E-state index >= 15 is 0 Å². The smallest absolute Gasteiger partial charge is 0.269 e. The van der Waals surface area contributed by atoms with Gasteiger partial charge in [0.1, 0.15) is 10.6 Å². The summed E-state index contributed by atoms with van der Waals surface area (Å²) < 4.78 is 1.54. The third-order valence-electron chi connectivity index (χ3n) is 3.34. The van der Waals surface area contributed by atoms with Crippen molar-refractivity contribution in [2.45, 2.75) is 13.8 Å². The Balaban J connectivity index is 1.75. The number of amides is 2. The van der Waals surface area contributed by atoms with Crippen molar-refractivity contribution in [3.8, 4) is 5.69 Å². The number of nitrogens with one attached hydrogen (secondary N) is 1. The first kappa shape index (κ1) is 15.9. The maximum Gasteiger partial charge on any atom is 0.269 e. The third-order valence-corrected chi connectivity index (χ3v) is 4.41. The van der Waals surface area contributed by atoms with Gasteiger partial charge in [-0.1, -0.05) is 0 Å². The van der Waals surface area contributed by atoms with Crippen LogP contribution in [0, 0.1) is 13.8 Å². The van der Waals surface area contributed by atoms with E-state index in [1.54, 1.807) is 41.2 Å². The topological polar surface area (TPSA) is 103 Å². The molecule has 3 aromatic rings. The van der Waals surface area contributed by atoms with Crippen LogP contribution in [-0.4, -0.2) is 26.6 Å². The number of anilines is 1. The number of thiazole rings is 1. The van der Waals surface area contributed by atoms with E-state index in [4.69, 9.17) is 5.73 Å². The van der Waals surface area contributed by atoms with Crippen molar-refractivity contribution < 1.29 is 9.59 Å². The molecule has 3 N–H and O–H groups in total. The zero-order valence-corrected chi connectivity index (χ0v) is 13.9. The molecule has 122 valence electrons. The zero-order chi connectivity index (χ0) is 17.3. The second-order valence-electron chi connectivity index (χ2n) is 5.16. The molecular weight excluding hydrogens is 326 g/mol. The van der Waals surface area contributed by atoms with Gasteiger partial charge in [-0.2, -0.15) is 5.10 Å². The van der Waals surface area contributed by atoms with E-state index < -0.39 is 5.91 Å². The minimum atomic E-state index is -0.576. The van der Waals surface area contributed by atoms with Crippen LogP contribution < -0.4 is 11.1 Å². The molecule has 0 unspecified atom stereocenters. The number of nitrogens with zero attached hydrogens (tertiary/aromatic N) is 3. The number of hydrogen-bond acceptors (Lipinski definition) is 5. The zero-order valence-electron chi connectivity index (χ0n) is 13.1. The van der Waals surface area contributed by atoms with Crippen LogP contribution in [0.1, 0.15) is 30.9 Å². The van der Waals surface area contributed by atoms with Gasteiger partial charge in [0.2, 0.25) is 0 Å². The maximum atomic E-state index is 12.3. The molecule has 0 atom stereocenters. The number of aryl methyl sites for hydroxylation is 2. The van der Waals surface area contributed by atoms with Crippen LogP contribution in [-0.2, 0) is 0 Å². The van der Waals surface area contributed by atoms with Gasteiger partial charge < -0.3 is 11.1 Å². The normalized spacial score (nSPS) is 10.6. The van der Waals surface area contributed by atoms with E-state index in [1.165, 1.54) is 11.3 Å². The predicted molar refractivity (Wildman–Crippen MR) is 91.6 cm³/mol. The van der Waals surface area contributed by atoms with Crippen molar-refractivity contribution in [3.05, 3.63) is 57.8 Å². The van der Waals surface area contributed by atoms with Gasteiger partial charge in [-0.15, -0.1) is 11.3 Å². The summed E-state index contributed by atoms with van der Waals surface area (Å²) in [4.78, 5) is 28.2. The molecule has 2 aromatic heterocycles. The lowest BCUT2D eigenvalue weighted by Crippen LogP contribution is -2.12. The van der Waals surface area contributed by atoms with Gasteiger partial charge in [0.05, 0.1) is 16.4 Å². The summed E-state index contributed by atoms with van der Waals surface area (Å²) in [5, 5.41) is 7.78. The lowest BCUT2D eigenvalue weighted by molar-refractivity contribution is 0.0993. The van der Waals surface area contributed by atoms with Crippen LogP contribution in [0.25, 0.3) is 5.69 Å². The Hall–Kier alpha value is -3.00. The number of carbonyl (C=O) groups excluding carboxylic acids is 2. The first-order chi connectivity index (χ1) is 11.4. The molecule has 0 radical (unpaired) electrons. The summed E-state index contributed by atoms with van der Waals surface area (Å²) >= 11 is 1.37. The van der Waals surface area contributed by atoms with Crippen LogP contribution >= 0.6 is 11.3 Å². The molecule has 7 nitrogen and oxygen atoms in total. The Bertz CT molecular complexity index is 911. The lowest BCUT2D eigenvalue weighted by Gasteiger charge is -2.06. The third kappa shape index (κ3) is 3.18. The number of aromatic nitrogens is 3. The first-order valence-corrected chi connectivity index (χ1v) is 7.97. The van der Waals surface area contributed by atoms with Crippen LogP contribution in [0.15, 0.2) is 36.5 Å². The molecule has 0 saturated carbocycles. The number of hydrogen-bond donors (Lipinski definition) is 2. The molecular formula is C16H15N5O2S. The van der Waals surface area contributed by atoms with E-state index in [2.05, 4.69) is 15.4 Å². The highest BCUT2D eigenvalue weighted by Crippen LogP contribution is 2.20. The summed E-state index contributed by atoms with van der Waals surface area (Å²) in [6.07, 6.45) is 1.65. The Morgan fingerprint density at radius 3 is 2.42 bits per heavy atom. The average Bonchev–Trinajstić information content (AvgIpc) is 3.15. The van der Waals surface area contributed by atoms with Crippen molar-refractivity contribution in [2.24, 2.45) is 5.73 Å². The highest BCUT2D eigenvalue weighted by atomic mass is 32.1. The lowest BCUT2D eigenvalue weighted by atomic mass is 10.2. The van der Waals surface area contributed by atoms with E-state index in [9.17, 15) is 9.59 Å². The van der Waals surface area contributed by atoms with Gasteiger partial charge in [-0.3, -0.25) is 9.59 Å². The Morgan fingerprint density at radius 2 is 1.88 bits per heavy atom. The molecule has 2 amide bonds. The molecule has 24 heavy (non-hydrogen) atoms. The second-order valence-corrected chi connectivity index (χ2v) is 6.36. The molecule has 0 fully saturated rings. The maximum absolute atomic E-state index is 12.3. The fourth-order valence-electron chi connectivity index (χ4n) is 2.23. The van der Waals surface area contributed by atoms with Crippen LogP contribution in [0.4, 0.5) is 5.69 Å². The molecule has 0 spiro atoms. The molecule has 8 heteroatoms. The number of carbonyl (C=O) groups is 2. The van der Waals surface area contributed by atoms with Crippen molar-refractivity contribution in [2.75, 3.05) is 5.32 Å². The SMILES string of the molecule is Cc1nc(C)c(C(=O)Nc2ccc(-n3ccc(C(N)=O)n3)cc2)s1. The van der Waals surface area contributed by atoms with Crippen molar-refractivity contribution in [1.82, 2.24) is 14.8 Å². The van der Waals surface area contributed by atoms with E-state index in [0.717, 1.165) is 16.4 Å². The second kappa shape index (κ2) is 6.25. The fraction of sp³-hybridized carbons (Fsp3) is 0.125. The highest BCUT2D eigenvalue weighted by molar-refractivity contribution is 7.13. The molecule has 0 aliphatic heterocycles. The quantitative estimate of drug-likeness (QED) is 0.760. The Labute approximate surface area is 142 Å². The van der Waals surface area contributed by atoms with Crippen LogP contribution in [0.5, 0.6) is 0 Å². The van der Waals surface area contributed by atoms with Gasteiger partial charge in [-0.05, 0) is 44.2 Å². The first-order valence-electron chi connectivity index (χ1n) is 7.15. The molecule has 0 aliphatic rings. The standard InChI is InChI=1S/C16H15N5O2S/c1-9-14(24-10(2)18-9)16(23)19-11-3-5-12(6-4-11)21-8-7-13(20-21)15(17)22/h3-8H,1-2H3,(H2,17,22)(H,19,23). The Kier molecular flexibility index (Phi) is 4.13. The number of rotatable bonds is 4. The summed E-state index contributed by atoms with van der Waals surface area (Å²) in [6.45, 7) is 3.68. The average molecular weight is 341 g/mol. The summed E-state index contributed by atoms with van der Waals surface area (Å²) in [6, 6.07) is 8.66. The summed E-state index contributed by atoms with van der Waals surface area (Å²) in [5.74, 6) is -0.756. The molecule has 2 heterocycles. The predicted octanol–water partition coefficient (Wildman–Crippen LogP) is 2.30. The van der Waals surface area contributed by atoms with Gasteiger partial charge in [0, 0.05) is 11.9 Å². The van der Waals surface area contributed by atoms with E-state index in [0.29, 0.717) is 10.6 Å². The number of nitrogens with two attached hydrogens (primary N) is 1. The molecule has 0 bridgehead atoms. The van der Waals surface area contributed by atoms with Gasteiger partial charge in [0.25, 0.3) is 11.8 Å². The van der Waals surface area contributed by atoms with E-state index in [1.807, 2.05) is 13.8 Å². The number of primary amides is 1.